The van der Waals surface area contributed by atoms with Crippen LogP contribution in [0.25, 0.3) is 0 Å². The number of carbonyl (C=O) groups is 2. The van der Waals surface area contributed by atoms with Crippen LogP contribution in [-0.4, -0.2) is 16.3 Å². The normalized spacial score (nSPS) is 16.9. The van der Waals surface area contributed by atoms with Crippen molar-refractivity contribution in [1.29, 1.82) is 0 Å². The molecule has 20 heavy (non-hydrogen) atoms. The average Bonchev–Trinajstić information content (AvgIpc) is 2.88. The molecule has 0 amide bonds. The zero-order chi connectivity index (χ0) is 14.4. The number of fused-ring (bicyclic) bond motifs is 1. The Kier molecular flexibility index (Phi) is 2.74. The molecule has 4 heteroatoms. The van der Waals surface area contributed by atoms with Crippen LogP contribution < -0.4 is 4.74 Å². The molecule has 1 aromatic heterocycles. The molecule has 0 aliphatic carbocycles. The highest BCUT2D eigenvalue weighted by Gasteiger charge is 2.34. The standard InChI is InChI=1S/C16H15NO3/c1-9-4-6-11(7-5-9)15(18)12-8-13-14(17(12)3)10(2)16(19)20-13/h4-8,10H,1-3H3. The molecule has 1 unspecified atom stereocenters. The molecule has 0 radical (unpaired) electrons. The van der Waals surface area contributed by atoms with Crippen molar-refractivity contribution >= 4 is 11.8 Å². The quantitative estimate of drug-likeness (QED) is 0.622. The van der Waals surface area contributed by atoms with Gasteiger partial charge in [0.25, 0.3) is 0 Å². The second kappa shape index (κ2) is 4.34. The maximum absolute atomic E-state index is 12.5. The van der Waals surface area contributed by atoms with Crippen LogP contribution in [-0.2, 0) is 11.8 Å². The number of nitrogens with zero attached hydrogens (tertiary/aromatic N) is 1. The first kappa shape index (κ1) is 12.7. The number of aromatic nitrogens is 1. The summed E-state index contributed by atoms with van der Waals surface area (Å²) in [6.45, 7) is 3.76. The minimum Gasteiger partial charge on any atom is -0.424 e. The Balaban J connectivity index is 2.02. The second-order valence-corrected chi connectivity index (χ2v) is 5.18. The molecule has 3 rings (SSSR count). The van der Waals surface area contributed by atoms with Crippen molar-refractivity contribution in [2.45, 2.75) is 19.8 Å². The van der Waals surface area contributed by atoms with Gasteiger partial charge in [0.05, 0.1) is 17.3 Å². The minimum absolute atomic E-state index is 0.0647. The third kappa shape index (κ3) is 1.76. The Morgan fingerprint density at radius 1 is 1.25 bits per heavy atom. The summed E-state index contributed by atoms with van der Waals surface area (Å²) in [6, 6.07) is 9.09. The second-order valence-electron chi connectivity index (χ2n) is 5.18. The number of hydrogen-bond donors (Lipinski definition) is 0. The molecule has 0 fully saturated rings. The van der Waals surface area contributed by atoms with E-state index in [9.17, 15) is 9.59 Å². The van der Waals surface area contributed by atoms with E-state index in [-0.39, 0.29) is 17.7 Å². The third-order valence-corrected chi connectivity index (χ3v) is 3.76. The van der Waals surface area contributed by atoms with E-state index in [2.05, 4.69) is 0 Å². The highest BCUT2D eigenvalue weighted by Crippen LogP contribution is 2.37. The van der Waals surface area contributed by atoms with Gasteiger partial charge < -0.3 is 9.30 Å². The van der Waals surface area contributed by atoms with Gasteiger partial charge >= 0.3 is 5.97 Å². The third-order valence-electron chi connectivity index (χ3n) is 3.76. The van der Waals surface area contributed by atoms with Gasteiger partial charge in [0.2, 0.25) is 5.78 Å². The van der Waals surface area contributed by atoms with Gasteiger partial charge in [-0.25, -0.2) is 0 Å². The summed E-state index contributed by atoms with van der Waals surface area (Å²) < 4.78 is 6.93. The maximum atomic E-state index is 12.5. The van der Waals surface area contributed by atoms with Crippen molar-refractivity contribution in [3.63, 3.8) is 0 Å². The predicted molar refractivity (Wildman–Crippen MR) is 74.1 cm³/mol. The Labute approximate surface area is 117 Å². The van der Waals surface area contributed by atoms with Crippen molar-refractivity contribution in [3.05, 3.63) is 52.8 Å². The van der Waals surface area contributed by atoms with Crippen LogP contribution in [0.5, 0.6) is 5.75 Å². The number of carbonyl (C=O) groups excluding carboxylic acids is 2. The molecule has 1 aliphatic heterocycles. The van der Waals surface area contributed by atoms with Gasteiger partial charge in [-0.1, -0.05) is 29.8 Å². The van der Waals surface area contributed by atoms with E-state index >= 15 is 0 Å². The number of hydrogen-bond acceptors (Lipinski definition) is 3. The molecule has 1 atom stereocenters. The van der Waals surface area contributed by atoms with E-state index in [0.717, 1.165) is 11.3 Å². The lowest BCUT2D eigenvalue weighted by molar-refractivity contribution is -0.133. The molecule has 102 valence electrons. The summed E-state index contributed by atoms with van der Waals surface area (Å²) in [5, 5.41) is 0. The van der Waals surface area contributed by atoms with Crippen LogP contribution in [0, 0.1) is 6.92 Å². The van der Waals surface area contributed by atoms with Crippen molar-refractivity contribution in [3.8, 4) is 5.75 Å². The lowest BCUT2D eigenvalue weighted by atomic mass is 10.1. The van der Waals surface area contributed by atoms with E-state index in [0.29, 0.717) is 17.0 Å². The fourth-order valence-corrected chi connectivity index (χ4v) is 2.55. The molecule has 0 saturated carbocycles. The van der Waals surface area contributed by atoms with Crippen molar-refractivity contribution < 1.29 is 14.3 Å². The van der Waals surface area contributed by atoms with Gasteiger partial charge in [0, 0.05) is 18.7 Å². The zero-order valence-corrected chi connectivity index (χ0v) is 11.6. The van der Waals surface area contributed by atoms with Crippen LogP contribution in [0.3, 0.4) is 0 Å². The lowest BCUT2D eigenvalue weighted by Crippen LogP contribution is -2.14. The van der Waals surface area contributed by atoms with Crippen LogP contribution in [0.2, 0.25) is 0 Å². The highest BCUT2D eigenvalue weighted by atomic mass is 16.5. The smallest absolute Gasteiger partial charge is 0.320 e. The van der Waals surface area contributed by atoms with Gasteiger partial charge in [-0.2, -0.15) is 0 Å². The van der Waals surface area contributed by atoms with Gasteiger partial charge in [-0.15, -0.1) is 0 Å². The molecule has 0 N–H and O–H groups in total. The SMILES string of the molecule is Cc1ccc(C(=O)c2cc3c(n2C)C(C)C(=O)O3)cc1. The molecule has 1 aromatic carbocycles. The maximum Gasteiger partial charge on any atom is 0.320 e. The van der Waals surface area contributed by atoms with Gasteiger partial charge in [-0.05, 0) is 13.8 Å². The monoisotopic (exact) mass is 269 g/mol. The zero-order valence-electron chi connectivity index (χ0n) is 11.6. The fraction of sp³-hybridized carbons (Fsp3) is 0.250. The summed E-state index contributed by atoms with van der Waals surface area (Å²) in [6.07, 6.45) is 0. The lowest BCUT2D eigenvalue weighted by Gasteiger charge is -2.07. The Morgan fingerprint density at radius 2 is 1.90 bits per heavy atom. The van der Waals surface area contributed by atoms with Gasteiger partial charge in [0.1, 0.15) is 0 Å². The number of rotatable bonds is 2. The molecule has 1 aliphatic rings. The molecule has 0 spiro atoms. The highest BCUT2D eigenvalue weighted by molar-refractivity contribution is 6.08. The van der Waals surface area contributed by atoms with E-state index in [1.54, 1.807) is 24.6 Å². The summed E-state index contributed by atoms with van der Waals surface area (Å²) >= 11 is 0. The average molecular weight is 269 g/mol. The van der Waals surface area contributed by atoms with E-state index in [1.165, 1.54) is 0 Å². The van der Waals surface area contributed by atoms with Crippen LogP contribution in [0.4, 0.5) is 0 Å². The van der Waals surface area contributed by atoms with E-state index < -0.39 is 0 Å². The van der Waals surface area contributed by atoms with Gasteiger partial charge in [-0.3, -0.25) is 9.59 Å². The summed E-state index contributed by atoms with van der Waals surface area (Å²) in [4.78, 5) is 24.0. The summed E-state index contributed by atoms with van der Waals surface area (Å²) in [5.74, 6) is -0.153. The first-order chi connectivity index (χ1) is 9.49. The number of ketones is 1. The summed E-state index contributed by atoms with van der Waals surface area (Å²) in [5.41, 5.74) is 3.05. The van der Waals surface area contributed by atoms with Crippen molar-refractivity contribution in [1.82, 2.24) is 4.57 Å². The van der Waals surface area contributed by atoms with Crippen LogP contribution in [0.15, 0.2) is 30.3 Å². The van der Waals surface area contributed by atoms with Gasteiger partial charge in [0.15, 0.2) is 5.75 Å². The first-order valence-corrected chi connectivity index (χ1v) is 6.51. The Hall–Kier alpha value is -2.36. The fourth-order valence-electron chi connectivity index (χ4n) is 2.55. The van der Waals surface area contributed by atoms with E-state index in [4.69, 9.17) is 4.74 Å². The first-order valence-electron chi connectivity index (χ1n) is 6.51. The molecular weight excluding hydrogens is 254 g/mol. The minimum atomic E-state index is -0.324. The molecule has 0 saturated heterocycles. The predicted octanol–water partition coefficient (Wildman–Crippen LogP) is 2.59. The molecule has 0 bridgehead atoms. The topological polar surface area (TPSA) is 48.3 Å². The number of aryl methyl sites for hydroxylation is 1. The largest absolute Gasteiger partial charge is 0.424 e. The number of ether oxygens (including phenoxy) is 1. The van der Waals surface area contributed by atoms with Crippen molar-refractivity contribution in [2.75, 3.05) is 0 Å². The van der Waals surface area contributed by atoms with Crippen molar-refractivity contribution in [2.24, 2.45) is 7.05 Å². The number of esters is 1. The molecule has 2 heterocycles. The molecular formula is C16H15NO3. The summed E-state index contributed by atoms with van der Waals surface area (Å²) in [7, 11) is 1.79. The molecule has 4 nitrogen and oxygen atoms in total. The van der Waals surface area contributed by atoms with Crippen LogP contribution in [0.1, 0.15) is 40.2 Å². The molecule has 2 aromatic rings. The Bertz CT molecular complexity index is 710. The number of benzene rings is 1. The van der Waals surface area contributed by atoms with Crippen LogP contribution >= 0.6 is 0 Å². The van der Waals surface area contributed by atoms with E-state index in [1.807, 2.05) is 31.2 Å². The Morgan fingerprint density at radius 3 is 2.50 bits per heavy atom.